The van der Waals surface area contributed by atoms with Gasteiger partial charge in [-0.3, -0.25) is 4.79 Å². The summed E-state index contributed by atoms with van der Waals surface area (Å²) in [6.45, 7) is 2.67. The van der Waals surface area contributed by atoms with Crippen LogP contribution in [0.15, 0.2) is 42.5 Å². The van der Waals surface area contributed by atoms with Gasteiger partial charge < -0.3 is 14.8 Å². The maximum atomic E-state index is 12.0. The molecule has 25 heavy (non-hydrogen) atoms. The Morgan fingerprint density at radius 2 is 1.92 bits per heavy atom. The minimum atomic E-state index is -0.0665. The van der Waals surface area contributed by atoms with E-state index in [2.05, 4.69) is 24.4 Å². The summed E-state index contributed by atoms with van der Waals surface area (Å²) in [4.78, 5) is 12.0. The lowest BCUT2D eigenvalue weighted by molar-refractivity contribution is -0.116. The molecule has 0 atom stereocenters. The third-order valence-electron chi connectivity index (χ3n) is 3.71. The molecule has 0 aromatic heterocycles. The Kier molecular flexibility index (Phi) is 7.61. The van der Waals surface area contributed by atoms with E-state index in [1.54, 1.807) is 25.3 Å². The highest BCUT2D eigenvalue weighted by Gasteiger charge is 2.06. The van der Waals surface area contributed by atoms with Crippen molar-refractivity contribution in [2.45, 2.75) is 32.6 Å². The molecule has 0 unspecified atom stereocenters. The van der Waals surface area contributed by atoms with Crippen molar-refractivity contribution in [3.8, 4) is 11.5 Å². The highest BCUT2D eigenvalue weighted by Crippen LogP contribution is 2.27. The van der Waals surface area contributed by atoms with Crippen LogP contribution in [0.2, 0.25) is 5.02 Å². The Bertz CT molecular complexity index is 686. The van der Waals surface area contributed by atoms with Crippen LogP contribution >= 0.6 is 11.6 Å². The molecular weight excluding hydrogens is 338 g/mol. The molecule has 2 aromatic carbocycles. The molecule has 0 heterocycles. The quantitative estimate of drug-likeness (QED) is 0.632. The summed E-state index contributed by atoms with van der Waals surface area (Å²) < 4.78 is 10.8. The number of carbonyl (C=O) groups is 1. The molecule has 0 aliphatic carbocycles. The first-order valence-electron chi connectivity index (χ1n) is 8.47. The van der Waals surface area contributed by atoms with Crippen LogP contribution in [0, 0.1) is 0 Å². The van der Waals surface area contributed by atoms with E-state index in [1.165, 1.54) is 5.56 Å². The van der Waals surface area contributed by atoms with Crippen LogP contribution in [0.1, 0.15) is 31.7 Å². The summed E-state index contributed by atoms with van der Waals surface area (Å²) in [6.07, 6.45) is 3.24. The fourth-order valence-electron chi connectivity index (χ4n) is 2.43. The van der Waals surface area contributed by atoms with Gasteiger partial charge in [0.05, 0.1) is 18.7 Å². The van der Waals surface area contributed by atoms with Crippen molar-refractivity contribution in [3.63, 3.8) is 0 Å². The number of benzene rings is 2. The zero-order valence-electron chi connectivity index (χ0n) is 14.7. The molecule has 2 aromatic rings. The van der Waals surface area contributed by atoms with Crippen LogP contribution < -0.4 is 14.8 Å². The van der Waals surface area contributed by atoms with E-state index in [4.69, 9.17) is 21.1 Å². The van der Waals surface area contributed by atoms with Crippen LogP contribution in [0.5, 0.6) is 11.5 Å². The van der Waals surface area contributed by atoms with Gasteiger partial charge in [-0.05, 0) is 48.7 Å². The second kappa shape index (κ2) is 9.94. The van der Waals surface area contributed by atoms with Crippen molar-refractivity contribution in [3.05, 3.63) is 53.1 Å². The van der Waals surface area contributed by atoms with Crippen LogP contribution in [0.25, 0.3) is 0 Å². The van der Waals surface area contributed by atoms with Gasteiger partial charge in [-0.2, -0.15) is 0 Å². The van der Waals surface area contributed by atoms with Gasteiger partial charge >= 0.3 is 0 Å². The third kappa shape index (κ3) is 6.31. The third-order valence-corrected chi connectivity index (χ3v) is 4.01. The number of carbonyl (C=O) groups excluding carboxylic acids is 1. The lowest BCUT2D eigenvalue weighted by atomic mass is 10.1. The molecule has 4 nitrogen and oxygen atoms in total. The number of ether oxygens (including phenoxy) is 2. The monoisotopic (exact) mass is 361 g/mol. The molecular formula is C20H24ClNO3. The zero-order valence-corrected chi connectivity index (χ0v) is 15.4. The van der Waals surface area contributed by atoms with Crippen LogP contribution in [-0.2, 0) is 11.2 Å². The van der Waals surface area contributed by atoms with Crippen LogP contribution in [0.4, 0.5) is 5.69 Å². The zero-order chi connectivity index (χ0) is 18.1. The summed E-state index contributed by atoms with van der Waals surface area (Å²) in [5.41, 5.74) is 1.97. The second-order valence-corrected chi connectivity index (χ2v) is 6.15. The molecule has 0 saturated carbocycles. The van der Waals surface area contributed by atoms with E-state index in [1.807, 2.05) is 12.1 Å². The van der Waals surface area contributed by atoms with Gasteiger partial charge in [-0.1, -0.05) is 37.1 Å². The fourth-order valence-corrected chi connectivity index (χ4v) is 2.69. The maximum Gasteiger partial charge on any atom is 0.224 e. The van der Waals surface area contributed by atoms with Gasteiger partial charge in [0.2, 0.25) is 5.91 Å². The topological polar surface area (TPSA) is 47.6 Å². The van der Waals surface area contributed by atoms with Gasteiger partial charge in [0.25, 0.3) is 0 Å². The number of aryl methyl sites for hydroxylation is 1. The molecule has 0 aliphatic heterocycles. The molecule has 0 spiro atoms. The van der Waals surface area contributed by atoms with Crippen molar-refractivity contribution < 1.29 is 14.3 Å². The van der Waals surface area contributed by atoms with Crippen molar-refractivity contribution in [1.82, 2.24) is 0 Å². The average Bonchev–Trinajstić information content (AvgIpc) is 2.60. The Morgan fingerprint density at radius 3 is 2.56 bits per heavy atom. The Labute approximate surface area is 154 Å². The predicted octanol–water partition coefficient (Wildman–Crippen LogP) is 5.10. The number of rotatable bonds is 9. The normalized spacial score (nSPS) is 10.4. The number of anilines is 1. The molecule has 0 fully saturated rings. The maximum absolute atomic E-state index is 12.0. The molecule has 0 radical (unpaired) electrons. The van der Waals surface area contributed by atoms with Gasteiger partial charge in [-0.25, -0.2) is 0 Å². The smallest absolute Gasteiger partial charge is 0.224 e. The van der Waals surface area contributed by atoms with E-state index in [0.29, 0.717) is 35.9 Å². The molecule has 0 bridgehead atoms. The van der Waals surface area contributed by atoms with Crippen molar-refractivity contribution in [2.24, 2.45) is 0 Å². The standard InChI is InChI=1S/C20H24ClNO3/c1-3-5-15-7-10-17(11-8-15)25-13-4-6-20(23)22-16-9-12-19(24-2)18(21)14-16/h7-12,14H,3-6,13H2,1-2H3,(H,22,23). The Balaban J connectivity index is 1.70. The molecule has 134 valence electrons. The Hall–Kier alpha value is -2.20. The predicted molar refractivity (Wildman–Crippen MR) is 102 cm³/mol. The summed E-state index contributed by atoms with van der Waals surface area (Å²) in [5.74, 6) is 1.35. The fraction of sp³-hybridized carbons (Fsp3) is 0.350. The number of amides is 1. The minimum absolute atomic E-state index is 0.0665. The number of hydrogen-bond donors (Lipinski definition) is 1. The molecule has 5 heteroatoms. The minimum Gasteiger partial charge on any atom is -0.495 e. The number of nitrogens with one attached hydrogen (secondary N) is 1. The summed E-state index contributed by atoms with van der Waals surface area (Å²) in [7, 11) is 1.55. The first-order valence-corrected chi connectivity index (χ1v) is 8.85. The summed E-state index contributed by atoms with van der Waals surface area (Å²) in [6, 6.07) is 13.3. The number of methoxy groups -OCH3 is 1. The molecule has 0 aliphatic rings. The van der Waals surface area contributed by atoms with Gasteiger partial charge in [0, 0.05) is 12.1 Å². The van der Waals surface area contributed by atoms with Gasteiger partial charge in [0.15, 0.2) is 0 Å². The number of halogens is 1. The van der Waals surface area contributed by atoms with E-state index < -0.39 is 0 Å². The van der Waals surface area contributed by atoms with Crippen molar-refractivity contribution in [2.75, 3.05) is 19.0 Å². The largest absolute Gasteiger partial charge is 0.495 e. The summed E-state index contributed by atoms with van der Waals surface area (Å²) in [5, 5.41) is 3.29. The van der Waals surface area contributed by atoms with E-state index in [0.717, 1.165) is 18.6 Å². The van der Waals surface area contributed by atoms with Crippen molar-refractivity contribution >= 4 is 23.2 Å². The lowest BCUT2D eigenvalue weighted by Crippen LogP contribution is -2.12. The summed E-state index contributed by atoms with van der Waals surface area (Å²) >= 11 is 6.04. The first-order chi connectivity index (χ1) is 12.1. The first kappa shape index (κ1) is 19.1. The Morgan fingerprint density at radius 1 is 1.16 bits per heavy atom. The van der Waals surface area contributed by atoms with Gasteiger partial charge in [-0.15, -0.1) is 0 Å². The van der Waals surface area contributed by atoms with Crippen LogP contribution in [0.3, 0.4) is 0 Å². The van der Waals surface area contributed by atoms with E-state index in [9.17, 15) is 4.79 Å². The lowest BCUT2D eigenvalue weighted by Gasteiger charge is -2.09. The van der Waals surface area contributed by atoms with E-state index >= 15 is 0 Å². The molecule has 2 rings (SSSR count). The SMILES string of the molecule is CCCc1ccc(OCCCC(=O)Nc2ccc(OC)c(Cl)c2)cc1. The van der Waals surface area contributed by atoms with Gasteiger partial charge in [0.1, 0.15) is 11.5 Å². The molecule has 0 saturated heterocycles. The highest BCUT2D eigenvalue weighted by atomic mass is 35.5. The molecule has 1 N–H and O–H groups in total. The highest BCUT2D eigenvalue weighted by molar-refractivity contribution is 6.32. The average molecular weight is 362 g/mol. The van der Waals surface area contributed by atoms with Crippen molar-refractivity contribution in [1.29, 1.82) is 0 Å². The van der Waals surface area contributed by atoms with E-state index in [-0.39, 0.29) is 5.91 Å². The second-order valence-electron chi connectivity index (χ2n) is 5.74. The van der Waals surface area contributed by atoms with Crippen LogP contribution in [-0.4, -0.2) is 19.6 Å². The number of hydrogen-bond acceptors (Lipinski definition) is 3. The molecule has 1 amide bonds.